The molecule has 0 aromatic carbocycles. The Labute approximate surface area is 102 Å². The van der Waals surface area contributed by atoms with Crippen molar-refractivity contribution >= 4 is 11.6 Å². The topological polar surface area (TPSA) is 24.9 Å². The zero-order chi connectivity index (χ0) is 12.9. The number of halogens is 4. The van der Waals surface area contributed by atoms with Crippen LogP contribution in [-0.2, 0) is 6.18 Å². The van der Waals surface area contributed by atoms with Crippen LogP contribution >= 0.6 is 11.6 Å². The van der Waals surface area contributed by atoms with Crippen molar-refractivity contribution in [2.45, 2.75) is 12.6 Å². The van der Waals surface area contributed by atoms with E-state index in [0.29, 0.717) is 13.0 Å². The molecule has 0 aliphatic rings. The maximum atomic E-state index is 12.3. The van der Waals surface area contributed by atoms with Gasteiger partial charge in [-0.05, 0) is 19.0 Å². The first-order valence-electron chi connectivity index (χ1n) is 4.81. The maximum Gasteiger partial charge on any atom is 0.417 e. The third kappa shape index (κ3) is 4.25. The SMILES string of the molecule is CNCCC#Cc1ncc(C(F)(F)F)cc1Cl. The van der Waals surface area contributed by atoms with Crippen LogP contribution in [0.1, 0.15) is 17.7 Å². The fraction of sp³-hybridized carbons (Fsp3) is 0.364. The molecule has 6 heteroatoms. The number of pyridine rings is 1. The largest absolute Gasteiger partial charge is 0.417 e. The van der Waals surface area contributed by atoms with E-state index in [1.165, 1.54) is 0 Å². The summed E-state index contributed by atoms with van der Waals surface area (Å²) in [5, 5.41) is 2.81. The Kier molecular flexibility index (Phi) is 4.79. The molecule has 2 nitrogen and oxygen atoms in total. The summed E-state index contributed by atoms with van der Waals surface area (Å²) in [5.74, 6) is 5.39. The zero-order valence-corrected chi connectivity index (χ0v) is 9.78. The number of nitrogens with one attached hydrogen (secondary N) is 1. The highest BCUT2D eigenvalue weighted by Crippen LogP contribution is 2.30. The second-order valence-electron chi connectivity index (χ2n) is 3.21. The van der Waals surface area contributed by atoms with Crippen LogP contribution in [0.4, 0.5) is 13.2 Å². The second kappa shape index (κ2) is 5.89. The quantitative estimate of drug-likeness (QED) is 0.655. The van der Waals surface area contributed by atoms with E-state index in [2.05, 4.69) is 22.1 Å². The molecule has 17 heavy (non-hydrogen) atoms. The lowest BCUT2D eigenvalue weighted by Gasteiger charge is -2.06. The van der Waals surface area contributed by atoms with Gasteiger partial charge in [-0.25, -0.2) is 4.98 Å². The predicted molar refractivity (Wildman–Crippen MR) is 59.7 cm³/mol. The first-order chi connectivity index (χ1) is 7.95. The van der Waals surface area contributed by atoms with E-state index in [0.717, 1.165) is 12.3 Å². The van der Waals surface area contributed by atoms with Gasteiger partial charge in [0, 0.05) is 19.2 Å². The van der Waals surface area contributed by atoms with Gasteiger partial charge in [-0.15, -0.1) is 0 Å². The normalized spacial score (nSPS) is 10.9. The Balaban J connectivity index is 2.86. The van der Waals surface area contributed by atoms with Gasteiger partial charge >= 0.3 is 6.18 Å². The van der Waals surface area contributed by atoms with Crippen molar-refractivity contribution in [1.29, 1.82) is 0 Å². The summed E-state index contributed by atoms with van der Waals surface area (Å²) >= 11 is 5.67. The van der Waals surface area contributed by atoms with Gasteiger partial charge in [-0.2, -0.15) is 13.2 Å². The van der Waals surface area contributed by atoms with Crippen molar-refractivity contribution in [1.82, 2.24) is 10.3 Å². The number of hydrogen-bond donors (Lipinski definition) is 1. The summed E-state index contributed by atoms with van der Waals surface area (Å²) in [7, 11) is 1.78. The molecule has 1 rings (SSSR count). The third-order valence-corrected chi connectivity index (χ3v) is 2.16. The average Bonchev–Trinajstić information content (AvgIpc) is 2.24. The van der Waals surface area contributed by atoms with E-state index in [1.54, 1.807) is 7.05 Å². The van der Waals surface area contributed by atoms with E-state index in [-0.39, 0.29) is 10.7 Å². The van der Waals surface area contributed by atoms with Crippen molar-refractivity contribution in [3.63, 3.8) is 0 Å². The molecule has 92 valence electrons. The minimum absolute atomic E-state index is 0.0863. The number of alkyl halides is 3. The number of rotatable bonds is 2. The van der Waals surface area contributed by atoms with Gasteiger partial charge in [0.05, 0.1) is 10.6 Å². The van der Waals surface area contributed by atoms with Crippen LogP contribution < -0.4 is 5.32 Å². The molecule has 0 radical (unpaired) electrons. The van der Waals surface area contributed by atoms with Crippen molar-refractivity contribution in [3.8, 4) is 11.8 Å². The summed E-state index contributed by atoms with van der Waals surface area (Å²) in [6.45, 7) is 0.700. The fourth-order valence-corrected chi connectivity index (χ4v) is 1.23. The average molecular weight is 263 g/mol. The molecule has 0 unspecified atom stereocenters. The van der Waals surface area contributed by atoms with Crippen molar-refractivity contribution in [2.24, 2.45) is 0 Å². The molecule has 0 amide bonds. The Morgan fingerprint density at radius 3 is 2.71 bits per heavy atom. The van der Waals surface area contributed by atoms with Crippen LogP contribution in [0.3, 0.4) is 0 Å². The van der Waals surface area contributed by atoms with Gasteiger partial charge in [0.15, 0.2) is 0 Å². The summed E-state index contributed by atoms with van der Waals surface area (Å²) in [4.78, 5) is 3.60. The molecule has 0 bridgehead atoms. The molecule has 0 saturated carbocycles. The minimum Gasteiger partial charge on any atom is -0.319 e. The van der Waals surface area contributed by atoms with Gasteiger partial charge in [0.1, 0.15) is 5.69 Å². The Bertz CT molecular complexity index is 446. The molecule has 1 aromatic rings. The Morgan fingerprint density at radius 1 is 1.47 bits per heavy atom. The molecule has 0 aliphatic carbocycles. The highest BCUT2D eigenvalue weighted by atomic mass is 35.5. The van der Waals surface area contributed by atoms with Crippen molar-refractivity contribution in [2.75, 3.05) is 13.6 Å². The van der Waals surface area contributed by atoms with Crippen LogP contribution in [0.5, 0.6) is 0 Å². The lowest BCUT2D eigenvalue weighted by atomic mass is 10.2. The molecule has 0 saturated heterocycles. The number of nitrogens with zero attached hydrogens (tertiary/aromatic N) is 1. The molecule has 1 heterocycles. The molecule has 1 N–H and O–H groups in total. The predicted octanol–water partition coefficient (Wildman–Crippen LogP) is 2.71. The summed E-state index contributed by atoms with van der Waals surface area (Å²) in [6, 6.07) is 0.830. The highest BCUT2D eigenvalue weighted by molar-refractivity contribution is 6.31. The smallest absolute Gasteiger partial charge is 0.319 e. The summed E-state index contributed by atoms with van der Waals surface area (Å²) in [6.07, 6.45) is -3.13. The fourth-order valence-electron chi connectivity index (χ4n) is 1.02. The second-order valence-corrected chi connectivity index (χ2v) is 3.61. The maximum absolute atomic E-state index is 12.3. The summed E-state index contributed by atoms with van der Waals surface area (Å²) in [5.41, 5.74) is -0.709. The van der Waals surface area contributed by atoms with Gasteiger partial charge in [-0.3, -0.25) is 0 Å². The van der Waals surface area contributed by atoms with Gasteiger partial charge < -0.3 is 5.32 Å². The molecule has 1 aromatic heterocycles. The van der Waals surface area contributed by atoms with Crippen LogP contribution in [0, 0.1) is 11.8 Å². The van der Waals surface area contributed by atoms with E-state index >= 15 is 0 Å². The van der Waals surface area contributed by atoms with Crippen LogP contribution in [0.2, 0.25) is 5.02 Å². The van der Waals surface area contributed by atoms with Crippen LogP contribution in [-0.4, -0.2) is 18.6 Å². The van der Waals surface area contributed by atoms with Gasteiger partial charge in [0.2, 0.25) is 0 Å². The molecule has 0 aliphatic heterocycles. The summed E-state index contributed by atoms with van der Waals surface area (Å²) < 4.78 is 36.9. The van der Waals surface area contributed by atoms with Crippen molar-refractivity contribution in [3.05, 3.63) is 28.5 Å². The first-order valence-corrected chi connectivity index (χ1v) is 5.19. The molecule has 0 fully saturated rings. The minimum atomic E-state index is -4.44. The lowest BCUT2D eigenvalue weighted by molar-refractivity contribution is -0.137. The number of aromatic nitrogens is 1. The van der Waals surface area contributed by atoms with E-state index in [9.17, 15) is 13.2 Å². The Hall–Kier alpha value is -1.25. The molecule has 0 atom stereocenters. The third-order valence-electron chi connectivity index (χ3n) is 1.88. The van der Waals surface area contributed by atoms with Gasteiger partial charge in [0.25, 0.3) is 0 Å². The first kappa shape index (κ1) is 13.8. The highest BCUT2D eigenvalue weighted by Gasteiger charge is 2.31. The lowest BCUT2D eigenvalue weighted by Crippen LogP contribution is -2.06. The molecular formula is C11H10ClF3N2. The van der Waals surface area contributed by atoms with Crippen LogP contribution in [0.25, 0.3) is 0 Å². The van der Waals surface area contributed by atoms with E-state index in [4.69, 9.17) is 11.6 Å². The molecular weight excluding hydrogens is 253 g/mol. The van der Waals surface area contributed by atoms with Gasteiger partial charge in [-0.1, -0.05) is 17.5 Å². The monoisotopic (exact) mass is 262 g/mol. The number of hydrogen-bond acceptors (Lipinski definition) is 2. The van der Waals surface area contributed by atoms with Crippen molar-refractivity contribution < 1.29 is 13.2 Å². The van der Waals surface area contributed by atoms with E-state index < -0.39 is 11.7 Å². The van der Waals surface area contributed by atoms with Crippen LogP contribution in [0.15, 0.2) is 12.3 Å². The van der Waals surface area contributed by atoms with E-state index in [1.807, 2.05) is 0 Å². The zero-order valence-electron chi connectivity index (χ0n) is 9.03. The Morgan fingerprint density at radius 2 is 2.18 bits per heavy atom. The molecule has 0 spiro atoms. The standard InChI is InChI=1S/C11H10ClF3N2/c1-16-5-3-2-4-10-9(12)6-8(7-17-10)11(13,14)15/h6-7,16H,3,5H2,1H3.